The summed E-state index contributed by atoms with van der Waals surface area (Å²) in [5, 5.41) is 1.76. The van der Waals surface area contributed by atoms with Crippen LogP contribution in [-0.4, -0.2) is 11.0 Å². The van der Waals surface area contributed by atoms with Crippen molar-refractivity contribution in [1.82, 2.24) is 4.98 Å². The number of rotatable bonds is 3. The van der Waals surface area contributed by atoms with Gasteiger partial charge in [0.15, 0.2) is 0 Å². The largest absolute Gasteiger partial charge is 0.423 e. The van der Waals surface area contributed by atoms with E-state index in [4.69, 9.17) is 32.9 Å². The van der Waals surface area contributed by atoms with Crippen molar-refractivity contribution >= 4 is 40.1 Å². The van der Waals surface area contributed by atoms with Gasteiger partial charge in [0.05, 0.1) is 21.8 Å². The number of nitrogens with zero attached hydrogens (tertiary/aromatic N) is 1. The number of benzene rings is 3. The summed E-state index contributed by atoms with van der Waals surface area (Å²) in [6.07, 6.45) is 0. The molecule has 0 saturated carbocycles. The number of pyridine rings is 1. The molecule has 1 aromatic heterocycles. The number of ether oxygens (including phenoxy) is 1. The lowest BCUT2D eigenvalue weighted by Crippen LogP contribution is -2.11. The molecular weight excluding hydrogens is 429 g/mol. The molecule has 0 unspecified atom stereocenters. The molecular formula is C26H21Cl2NO2. The second-order valence-corrected chi connectivity index (χ2v) is 8.71. The summed E-state index contributed by atoms with van der Waals surface area (Å²) in [6.45, 7) is 7.92. The highest BCUT2D eigenvalue weighted by Crippen LogP contribution is 2.33. The molecule has 0 aliphatic rings. The molecule has 3 aromatic carbocycles. The summed E-state index contributed by atoms with van der Waals surface area (Å²) < 4.78 is 5.77. The fourth-order valence-electron chi connectivity index (χ4n) is 3.84. The highest BCUT2D eigenvalue weighted by molar-refractivity contribution is 6.36. The van der Waals surface area contributed by atoms with Gasteiger partial charge >= 0.3 is 5.97 Å². The summed E-state index contributed by atoms with van der Waals surface area (Å²) in [7, 11) is 0. The summed E-state index contributed by atoms with van der Waals surface area (Å²) in [5.41, 5.74) is 6.55. The molecule has 0 radical (unpaired) electrons. The molecule has 0 spiro atoms. The van der Waals surface area contributed by atoms with Crippen LogP contribution < -0.4 is 4.74 Å². The van der Waals surface area contributed by atoms with Gasteiger partial charge in [0.2, 0.25) is 0 Å². The van der Waals surface area contributed by atoms with Crippen molar-refractivity contribution in [2.75, 3.05) is 0 Å². The number of fused-ring (bicyclic) bond motifs is 1. The molecule has 31 heavy (non-hydrogen) atoms. The third kappa shape index (κ3) is 4.43. The van der Waals surface area contributed by atoms with Crippen LogP contribution in [0.3, 0.4) is 0 Å². The van der Waals surface area contributed by atoms with E-state index in [1.807, 2.05) is 58.0 Å². The van der Waals surface area contributed by atoms with Crippen molar-refractivity contribution in [3.8, 4) is 17.0 Å². The molecule has 3 nitrogen and oxygen atoms in total. The van der Waals surface area contributed by atoms with Crippen LogP contribution in [0.5, 0.6) is 5.75 Å². The molecule has 5 heteroatoms. The van der Waals surface area contributed by atoms with Gasteiger partial charge in [0.1, 0.15) is 5.75 Å². The van der Waals surface area contributed by atoms with Crippen molar-refractivity contribution in [3.05, 3.63) is 92.5 Å². The molecule has 0 bridgehead atoms. The zero-order valence-electron chi connectivity index (χ0n) is 17.7. The lowest BCUT2D eigenvalue weighted by atomic mass is 10.00. The number of aryl methyl sites for hydroxylation is 4. The van der Waals surface area contributed by atoms with Gasteiger partial charge in [-0.15, -0.1) is 0 Å². The van der Waals surface area contributed by atoms with E-state index in [-0.39, 0.29) is 0 Å². The number of esters is 1. The standard InChI is InChI=1S/C26H21Cl2NO2/c1-14-7-15(2)10-19(9-14)31-26(30)22-13-24(20-6-5-18(27)12-23(20)28)29-25-17(4)8-16(3)11-21(22)25/h5-13H,1-4H3. The molecule has 0 aliphatic carbocycles. The van der Waals surface area contributed by atoms with Crippen LogP contribution in [0.25, 0.3) is 22.2 Å². The van der Waals surface area contributed by atoms with Gasteiger partial charge in [0.25, 0.3) is 0 Å². The molecule has 0 amide bonds. The third-order valence-electron chi connectivity index (χ3n) is 5.08. The van der Waals surface area contributed by atoms with Gasteiger partial charge in [-0.1, -0.05) is 40.9 Å². The normalized spacial score (nSPS) is 11.0. The van der Waals surface area contributed by atoms with Crippen molar-refractivity contribution in [2.24, 2.45) is 0 Å². The fourth-order valence-corrected chi connectivity index (χ4v) is 4.34. The first-order valence-electron chi connectivity index (χ1n) is 9.89. The first kappa shape index (κ1) is 21.4. The van der Waals surface area contributed by atoms with Crippen molar-refractivity contribution < 1.29 is 9.53 Å². The Hall–Kier alpha value is -2.88. The summed E-state index contributed by atoms with van der Waals surface area (Å²) >= 11 is 12.5. The predicted octanol–water partition coefficient (Wildman–Crippen LogP) is 7.66. The van der Waals surface area contributed by atoms with Crippen LogP contribution in [0.1, 0.15) is 32.6 Å². The predicted molar refractivity (Wildman–Crippen MR) is 128 cm³/mol. The Bertz CT molecular complexity index is 1330. The van der Waals surface area contributed by atoms with Crippen LogP contribution in [0, 0.1) is 27.7 Å². The SMILES string of the molecule is Cc1cc(C)cc(OC(=O)c2cc(-c3ccc(Cl)cc3Cl)nc3c(C)cc(C)cc23)c1. The van der Waals surface area contributed by atoms with Gasteiger partial charge in [-0.25, -0.2) is 9.78 Å². The van der Waals surface area contributed by atoms with Gasteiger partial charge in [-0.2, -0.15) is 0 Å². The van der Waals surface area contributed by atoms with E-state index in [1.165, 1.54) is 0 Å². The maximum atomic E-state index is 13.3. The minimum Gasteiger partial charge on any atom is -0.423 e. The lowest BCUT2D eigenvalue weighted by Gasteiger charge is -2.13. The monoisotopic (exact) mass is 449 g/mol. The minimum absolute atomic E-state index is 0.436. The summed E-state index contributed by atoms with van der Waals surface area (Å²) in [6, 6.07) is 16.7. The smallest absolute Gasteiger partial charge is 0.344 e. The van der Waals surface area contributed by atoms with E-state index in [2.05, 4.69) is 0 Å². The molecule has 0 fully saturated rings. The van der Waals surface area contributed by atoms with E-state index < -0.39 is 5.97 Å². The maximum absolute atomic E-state index is 13.3. The molecule has 4 aromatic rings. The third-order valence-corrected chi connectivity index (χ3v) is 5.63. The maximum Gasteiger partial charge on any atom is 0.344 e. The number of carbonyl (C=O) groups excluding carboxylic acids is 1. The van der Waals surface area contributed by atoms with Crippen molar-refractivity contribution in [3.63, 3.8) is 0 Å². The van der Waals surface area contributed by atoms with E-state index in [9.17, 15) is 4.79 Å². The Morgan fingerprint density at radius 3 is 2.19 bits per heavy atom. The van der Waals surface area contributed by atoms with Crippen LogP contribution >= 0.6 is 23.2 Å². The second kappa shape index (κ2) is 8.33. The zero-order chi connectivity index (χ0) is 22.3. The number of aromatic nitrogens is 1. The first-order chi connectivity index (χ1) is 14.7. The Kier molecular flexibility index (Phi) is 5.74. The molecule has 4 rings (SSSR count). The molecule has 0 saturated heterocycles. The molecule has 1 heterocycles. The van der Waals surface area contributed by atoms with Crippen molar-refractivity contribution in [2.45, 2.75) is 27.7 Å². The number of hydrogen-bond donors (Lipinski definition) is 0. The number of halogens is 2. The number of hydrogen-bond acceptors (Lipinski definition) is 3. The van der Waals surface area contributed by atoms with Crippen LogP contribution in [0.2, 0.25) is 10.0 Å². The highest BCUT2D eigenvalue weighted by atomic mass is 35.5. The fraction of sp³-hybridized carbons (Fsp3) is 0.154. The second-order valence-electron chi connectivity index (χ2n) is 7.87. The molecule has 0 aliphatic heterocycles. The van der Waals surface area contributed by atoms with Gasteiger partial charge in [-0.3, -0.25) is 0 Å². The molecule has 0 N–H and O–H groups in total. The van der Waals surface area contributed by atoms with E-state index in [0.717, 1.165) is 33.2 Å². The molecule has 156 valence electrons. The quantitative estimate of drug-likeness (QED) is 0.238. The van der Waals surface area contributed by atoms with E-state index >= 15 is 0 Å². The lowest BCUT2D eigenvalue weighted by molar-refractivity contribution is 0.0736. The Morgan fingerprint density at radius 1 is 0.839 bits per heavy atom. The van der Waals surface area contributed by atoms with Gasteiger partial charge in [0, 0.05) is 16.0 Å². The minimum atomic E-state index is -0.436. The van der Waals surface area contributed by atoms with Crippen molar-refractivity contribution in [1.29, 1.82) is 0 Å². The summed E-state index contributed by atoms with van der Waals surface area (Å²) in [4.78, 5) is 18.1. The summed E-state index contributed by atoms with van der Waals surface area (Å²) in [5.74, 6) is 0.0802. The Labute approximate surface area is 191 Å². The Balaban J connectivity index is 1.90. The highest BCUT2D eigenvalue weighted by Gasteiger charge is 2.19. The van der Waals surface area contributed by atoms with E-state index in [0.29, 0.717) is 32.6 Å². The Morgan fingerprint density at radius 2 is 1.52 bits per heavy atom. The zero-order valence-corrected chi connectivity index (χ0v) is 19.2. The van der Waals surface area contributed by atoms with Crippen LogP contribution in [0.15, 0.2) is 54.6 Å². The average Bonchev–Trinajstić information content (AvgIpc) is 2.66. The van der Waals surface area contributed by atoms with Gasteiger partial charge in [-0.05, 0) is 86.8 Å². The molecule has 0 atom stereocenters. The first-order valence-corrected chi connectivity index (χ1v) is 10.6. The topological polar surface area (TPSA) is 39.2 Å². The average molecular weight is 450 g/mol. The van der Waals surface area contributed by atoms with Gasteiger partial charge < -0.3 is 4.74 Å². The number of carbonyl (C=O) groups is 1. The van der Waals surface area contributed by atoms with Crippen LogP contribution in [-0.2, 0) is 0 Å². The van der Waals surface area contributed by atoms with Crippen LogP contribution in [0.4, 0.5) is 0 Å². The van der Waals surface area contributed by atoms with E-state index in [1.54, 1.807) is 24.3 Å².